The maximum atomic E-state index is 8.87. The monoisotopic (exact) mass is 177 g/mol. The summed E-state index contributed by atoms with van der Waals surface area (Å²) in [5.74, 6) is 0.0141. The summed E-state index contributed by atoms with van der Waals surface area (Å²) in [4.78, 5) is 2.13. The maximum Gasteiger partial charge on any atom is 0.458 e. The van der Waals surface area contributed by atoms with E-state index in [1.807, 2.05) is 30.3 Å². The van der Waals surface area contributed by atoms with Crippen LogP contribution in [0.4, 0.5) is 5.69 Å². The van der Waals surface area contributed by atoms with Gasteiger partial charge in [-0.25, -0.2) is 0 Å². The summed E-state index contributed by atoms with van der Waals surface area (Å²) in [5, 5.41) is 17.7. The number of nitrogens with zero attached hydrogens (tertiary/aromatic N) is 1. The van der Waals surface area contributed by atoms with E-state index < -0.39 is 7.12 Å². The van der Waals surface area contributed by atoms with Gasteiger partial charge in [0.25, 0.3) is 0 Å². The Morgan fingerprint density at radius 2 is 1.77 bits per heavy atom. The lowest BCUT2D eigenvalue weighted by atomic mass is 9.68. The van der Waals surface area contributed by atoms with Gasteiger partial charge in [0.2, 0.25) is 0 Å². The van der Waals surface area contributed by atoms with Crippen molar-refractivity contribution in [1.29, 1.82) is 0 Å². The zero-order valence-electron chi connectivity index (χ0n) is 7.30. The molecule has 2 rings (SSSR count). The second-order valence-electron chi connectivity index (χ2n) is 3.41. The molecule has 0 unspecified atom stereocenters. The van der Waals surface area contributed by atoms with Crippen LogP contribution in [0.2, 0.25) is 5.82 Å². The third-order valence-electron chi connectivity index (χ3n) is 2.45. The first-order valence-electron chi connectivity index (χ1n) is 4.43. The predicted octanol–water partition coefficient (Wildman–Crippen LogP) is 0.350. The minimum atomic E-state index is -1.17. The van der Waals surface area contributed by atoms with Crippen molar-refractivity contribution in [3.8, 4) is 0 Å². The predicted molar refractivity (Wildman–Crippen MR) is 52.6 cm³/mol. The summed E-state index contributed by atoms with van der Waals surface area (Å²) in [6.07, 6.45) is 0. The third-order valence-corrected chi connectivity index (χ3v) is 2.45. The van der Waals surface area contributed by atoms with Gasteiger partial charge in [-0.15, -0.1) is 0 Å². The van der Waals surface area contributed by atoms with Crippen LogP contribution in [0.15, 0.2) is 30.3 Å². The summed E-state index contributed by atoms with van der Waals surface area (Å²) < 4.78 is 0. The Morgan fingerprint density at radius 3 is 2.31 bits per heavy atom. The maximum absolute atomic E-state index is 8.87. The number of hydrogen-bond acceptors (Lipinski definition) is 3. The third kappa shape index (κ3) is 1.69. The summed E-state index contributed by atoms with van der Waals surface area (Å²) in [6.45, 7) is 1.48. The molecule has 0 radical (unpaired) electrons. The van der Waals surface area contributed by atoms with Crippen LogP contribution in [-0.2, 0) is 0 Å². The van der Waals surface area contributed by atoms with Crippen molar-refractivity contribution in [3.05, 3.63) is 30.3 Å². The second kappa shape index (κ2) is 3.40. The van der Waals surface area contributed by atoms with E-state index >= 15 is 0 Å². The van der Waals surface area contributed by atoms with Gasteiger partial charge in [-0.2, -0.15) is 0 Å². The van der Waals surface area contributed by atoms with Crippen LogP contribution in [0.1, 0.15) is 0 Å². The summed E-state index contributed by atoms with van der Waals surface area (Å²) >= 11 is 0. The number of rotatable bonds is 2. The van der Waals surface area contributed by atoms with E-state index in [0.29, 0.717) is 0 Å². The fourth-order valence-electron chi connectivity index (χ4n) is 1.55. The molecule has 1 aromatic carbocycles. The number of para-hydroxylation sites is 1. The molecule has 0 amide bonds. The molecule has 13 heavy (non-hydrogen) atoms. The molecule has 1 aromatic rings. The Hall–Kier alpha value is -0.995. The highest BCUT2D eigenvalue weighted by Crippen LogP contribution is 2.28. The summed E-state index contributed by atoms with van der Waals surface area (Å²) in [5.41, 5.74) is 1.15. The average Bonchev–Trinajstić information content (AvgIpc) is 2.02. The Morgan fingerprint density at radius 1 is 1.15 bits per heavy atom. The van der Waals surface area contributed by atoms with Crippen molar-refractivity contribution in [2.24, 2.45) is 0 Å². The molecule has 0 atom stereocenters. The Balaban J connectivity index is 1.94. The van der Waals surface area contributed by atoms with Gasteiger partial charge in [-0.1, -0.05) is 18.2 Å². The van der Waals surface area contributed by atoms with Gasteiger partial charge in [0, 0.05) is 24.6 Å². The van der Waals surface area contributed by atoms with Crippen LogP contribution in [0, 0.1) is 0 Å². The van der Waals surface area contributed by atoms with E-state index in [1.54, 1.807) is 0 Å². The first-order chi connectivity index (χ1) is 6.27. The normalized spacial score (nSPS) is 16.9. The lowest BCUT2D eigenvalue weighted by Crippen LogP contribution is -2.49. The zero-order chi connectivity index (χ0) is 9.26. The smallest absolute Gasteiger partial charge is 0.427 e. The van der Waals surface area contributed by atoms with Crippen LogP contribution in [0.3, 0.4) is 0 Å². The molecule has 0 aliphatic carbocycles. The van der Waals surface area contributed by atoms with Crippen molar-refractivity contribution in [2.75, 3.05) is 18.0 Å². The van der Waals surface area contributed by atoms with Gasteiger partial charge in [0.15, 0.2) is 0 Å². The molecule has 1 aliphatic heterocycles. The van der Waals surface area contributed by atoms with Crippen molar-refractivity contribution in [2.45, 2.75) is 5.82 Å². The van der Waals surface area contributed by atoms with Crippen LogP contribution in [-0.4, -0.2) is 30.3 Å². The topological polar surface area (TPSA) is 43.7 Å². The van der Waals surface area contributed by atoms with Gasteiger partial charge in [0.05, 0.1) is 0 Å². The molecule has 1 heterocycles. The first-order valence-corrected chi connectivity index (χ1v) is 4.43. The van der Waals surface area contributed by atoms with Crippen molar-refractivity contribution < 1.29 is 10.0 Å². The van der Waals surface area contributed by atoms with Gasteiger partial charge in [0.1, 0.15) is 0 Å². The molecule has 0 aromatic heterocycles. The largest absolute Gasteiger partial charge is 0.458 e. The Bertz CT molecular complexity index is 272. The van der Waals surface area contributed by atoms with E-state index in [2.05, 4.69) is 4.90 Å². The van der Waals surface area contributed by atoms with E-state index in [4.69, 9.17) is 10.0 Å². The Labute approximate surface area is 77.8 Å². The fraction of sp³-hybridized carbons (Fsp3) is 0.333. The van der Waals surface area contributed by atoms with Crippen molar-refractivity contribution >= 4 is 12.8 Å². The van der Waals surface area contributed by atoms with Gasteiger partial charge in [-0.05, 0) is 12.1 Å². The zero-order valence-corrected chi connectivity index (χ0v) is 7.30. The number of benzene rings is 1. The van der Waals surface area contributed by atoms with E-state index in [0.717, 1.165) is 18.8 Å². The van der Waals surface area contributed by atoms with Crippen molar-refractivity contribution in [1.82, 2.24) is 0 Å². The highest BCUT2D eigenvalue weighted by atomic mass is 16.4. The van der Waals surface area contributed by atoms with Crippen LogP contribution in [0.5, 0.6) is 0 Å². The molecule has 0 bridgehead atoms. The molecule has 1 aliphatic rings. The van der Waals surface area contributed by atoms with Crippen LogP contribution >= 0.6 is 0 Å². The highest BCUT2D eigenvalue weighted by molar-refractivity contribution is 6.44. The van der Waals surface area contributed by atoms with Crippen molar-refractivity contribution in [3.63, 3.8) is 0 Å². The van der Waals surface area contributed by atoms with Gasteiger partial charge < -0.3 is 14.9 Å². The molecular formula is C9H12BNO2. The first kappa shape index (κ1) is 8.60. The number of hydrogen-bond donors (Lipinski definition) is 2. The quantitative estimate of drug-likeness (QED) is 0.640. The molecule has 0 saturated carbocycles. The standard InChI is InChI=1S/C9H12BNO2/c12-10(13)8-6-11(7-8)9-4-2-1-3-5-9/h1-5,8,12-13H,6-7H2. The summed E-state index contributed by atoms with van der Waals surface area (Å²) in [6, 6.07) is 10.00. The van der Waals surface area contributed by atoms with Gasteiger partial charge >= 0.3 is 7.12 Å². The second-order valence-corrected chi connectivity index (χ2v) is 3.41. The molecule has 0 spiro atoms. The molecule has 68 valence electrons. The summed E-state index contributed by atoms with van der Waals surface area (Å²) in [7, 11) is -1.17. The molecule has 1 fully saturated rings. The van der Waals surface area contributed by atoms with Gasteiger partial charge in [-0.3, -0.25) is 0 Å². The van der Waals surface area contributed by atoms with E-state index in [1.165, 1.54) is 0 Å². The average molecular weight is 177 g/mol. The van der Waals surface area contributed by atoms with Crippen LogP contribution < -0.4 is 4.90 Å². The minimum absolute atomic E-state index is 0.0141. The minimum Gasteiger partial charge on any atom is -0.427 e. The molecule has 3 nitrogen and oxygen atoms in total. The Kier molecular flexibility index (Phi) is 2.25. The molecule has 1 saturated heterocycles. The molecular weight excluding hydrogens is 165 g/mol. The van der Waals surface area contributed by atoms with E-state index in [9.17, 15) is 0 Å². The SMILES string of the molecule is OB(O)C1CN(c2ccccc2)C1. The molecule has 4 heteroatoms. The fourth-order valence-corrected chi connectivity index (χ4v) is 1.55. The lowest BCUT2D eigenvalue weighted by Gasteiger charge is -2.40. The van der Waals surface area contributed by atoms with E-state index in [-0.39, 0.29) is 5.82 Å². The highest BCUT2D eigenvalue weighted by Gasteiger charge is 2.35. The molecule has 2 N–H and O–H groups in total. The van der Waals surface area contributed by atoms with Crippen LogP contribution in [0.25, 0.3) is 0 Å². The number of anilines is 1. The lowest BCUT2D eigenvalue weighted by molar-refractivity contribution is 0.365.